The standard InChI is InChI=1S/C27H21N3O5S/c1-16-7-3-5-9-21(16)30-25(32)20(24(31)28-27(30)36)13-17-14-29(22-10-6-4-8-19(17)22)15-18-11-12-23(35-18)26(33)34-2/h3-14H,15H2,1-2H3,(H,28,31,36)/b20-13+. The topological polar surface area (TPSA) is 93.8 Å². The summed E-state index contributed by atoms with van der Waals surface area (Å²) in [5, 5.41) is 3.52. The number of carbonyl (C=O) groups is 3. The first-order valence-electron chi connectivity index (χ1n) is 11.1. The van der Waals surface area contributed by atoms with Crippen LogP contribution in [0, 0.1) is 6.92 Å². The van der Waals surface area contributed by atoms with Crippen LogP contribution in [0.2, 0.25) is 0 Å². The molecule has 1 aliphatic rings. The maximum Gasteiger partial charge on any atom is 0.373 e. The van der Waals surface area contributed by atoms with Gasteiger partial charge >= 0.3 is 5.97 Å². The number of anilines is 1. The lowest BCUT2D eigenvalue weighted by molar-refractivity contribution is -0.122. The van der Waals surface area contributed by atoms with Crippen molar-refractivity contribution in [1.82, 2.24) is 9.88 Å². The molecular weight excluding hydrogens is 478 g/mol. The molecule has 9 heteroatoms. The lowest BCUT2D eigenvalue weighted by Gasteiger charge is -2.29. The van der Waals surface area contributed by atoms with Crippen LogP contribution in [0.5, 0.6) is 0 Å². The molecule has 0 bridgehead atoms. The van der Waals surface area contributed by atoms with E-state index in [-0.39, 0.29) is 16.4 Å². The highest BCUT2D eigenvalue weighted by atomic mass is 32.1. The molecule has 0 radical (unpaired) electrons. The molecule has 2 aromatic heterocycles. The van der Waals surface area contributed by atoms with Crippen LogP contribution in [0.15, 0.2) is 76.9 Å². The molecule has 0 aliphatic carbocycles. The molecule has 180 valence electrons. The Bertz CT molecular complexity index is 1580. The van der Waals surface area contributed by atoms with Gasteiger partial charge in [0.1, 0.15) is 11.3 Å². The summed E-state index contributed by atoms with van der Waals surface area (Å²) in [7, 11) is 1.29. The van der Waals surface area contributed by atoms with Crippen molar-refractivity contribution in [3.05, 3.63) is 95.1 Å². The van der Waals surface area contributed by atoms with Gasteiger partial charge in [-0.25, -0.2) is 4.79 Å². The summed E-state index contributed by atoms with van der Waals surface area (Å²) < 4.78 is 12.2. The second kappa shape index (κ2) is 9.27. The van der Waals surface area contributed by atoms with Gasteiger partial charge in [0, 0.05) is 22.7 Å². The number of fused-ring (bicyclic) bond motifs is 1. The Kier molecular flexibility index (Phi) is 5.99. The molecule has 5 rings (SSSR count). The van der Waals surface area contributed by atoms with Crippen LogP contribution in [-0.2, 0) is 20.9 Å². The van der Waals surface area contributed by atoms with Crippen LogP contribution in [0.1, 0.15) is 27.4 Å². The summed E-state index contributed by atoms with van der Waals surface area (Å²) in [4.78, 5) is 39.4. The van der Waals surface area contributed by atoms with Crippen molar-refractivity contribution in [2.45, 2.75) is 13.5 Å². The number of amides is 2. The van der Waals surface area contributed by atoms with Gasteiger partial charge in [0.2, 0.25) is 5.76 Å². The van der Waals surface area contributed by atoms with E-state index in [1.807, 2.05) is 60.2 Å². The summed E-state index contributed by atoms with van der Waals surface area (Å²) in [6.07, 6.45) is 3.41. The maximum atomic E-state index is 13.5. The minimum Gasteiger partial charge on any atom is -0.463 e. The van der Waals surface area contributed by atoms with Gasteiger partial charge < -0.3 is 13.7 Å². The van der Waals surface area contributed by atoms with E-state index in [2.05, 4.69) is 5.32 Å². The van der Waals surface area contributed by atoms with Gasteiger partial charge in [0.25, 0.3) is 11.8 Å². The van der Waals surface area contributed by atoms with Crippen molar-refractivity contribution < 1.29 is 23.5 Å². The van der Waals surface area contributed by atoms with Crippen molar-refractivity contribution in [1.29, 1.82) is 0 Å². The number of aryl methyl sites for hydroxylation is 1. The van der Waals surface area contributed by atoms with Gasteiger partial charge in [-0.05, 0) is 55.0 Å². The largest absolute Gasteiger partial charge is 0.463 e. The minimum atomic E-state index is -0.555. The Balaban J connectivity index is 1.54. The van der Waals surface area contributed by atoms with E-state index in [0.29, 0.717) is 23.6 Å². The zero-order valence-corrected chi connectivity index (χ0v) is 20.3. The first-order chi connectivity index (χ1) is 17.4. The number of hydrogen-bond donors (Lipinski definition) is 1. The molecule has 4 aromatic rings. The number of nitrogens with one attached hydrogen (secondary N) is 1. The SMILES string of the molecule is COC(=O)c1ccc(Cn2cc(/C=C3\C(=O)NC(=S)N(c4ccccc4C)C3=O)c3ccccc32)o1. The van der Waals surface area contributed by atoms with Crippen LogP contribution in [-0.4, -0.2) is 34.6 Å². The second-order valence-electron chi connectivity index (χ2n) is 8.23. The fourth-order valence-corrected chi connectivity index (χ4v) is 4.48. The van der Waals surface area contributed by atoms with E-state index in [0.717, 1.165) is 16.5 Å². The van der Waals surface area contributed by atoms with Crippen LogP contribution in [0.25, 0.3) is 17.0 Å². The lowest BCUT2D eigenvalue weighted by atomic mass is 10.1. The molecule has 0 unspecified atom stereocenters. The number of ether oxygens (including phenoxy) is 1. The van der Waals surface area contributed by atoms with E-state index in [9.17, 15) is 14.4 Å². The number of rotatable bonds is 5. The van der Waals surface area contributed by atoms with E-state index in [1.165, 1.54) is 12.0 Å². The number of aromatic nitrogens is 1. The zero-order chi connectivity index (χ0) is 25.4. The van der Waals surface area contributed by atoms with E-state index in [4.69, 9.17) is 21.4 Å². The van der Waals surface area contributed by atoms with Crippen molar-refractivity contribution in [3.63, 3.8) is 0 Å². The molecule has 1 aliphatic heterocycles. The highest BCUT2D eigenvalue weighted by Crippen LogP contribution is 2.28. The molecular formula is C27H21N3O5S. The molecule has 1 saturated heterocycles. The van der Waals surface area contributed by atoms with E-state index >= 15 is 0 Å². The summed E-state index contributed by atoms with van der Waals surface area (Å²) in [6.45, 7) is 2.21. The van der Waals surface area contributed by atoms with Gasteiger partial charge in [0.15, 0.2) is 5.11 Å². The Labute approximate surface area is 211 Å². The molecule has 0 saturated carbocycles. The van der Waals surface area contributed by atoms with Crippen molar-refractivity contribution in [2.24, 2.45) is 0 Å². The lowest BCUT2D eigenvalue weighted by Crippen LogP contribution is -2.54. The smallest absolute Gasteiger partial charge is 0.373 e. The average Bonchev–Trinajstić information content (AvgIpc) is 3.47. The third-order valence-corrected chi connectivity index (χ3v) is 6.24. The minimum absolute atomic E-state index is 0.0271. The number of benzene rings is 2. The molecule has 3 heterocycles. The van der Waals surface area contributed by atoms with Gasteiger partial charge in [-0.15, -0.1) is 0 Å². The number of furan rings is 1. The van der Waals surface area contributed by atoms with Crippen LogP contribution >= 0.6 is 12.2 Å². The van der Waals surface area contributed by atoms with Crippen LogP contribution in [0.3, 0.4) is 0 Å². The molecule has 0 spiro atoms. The number of carbonyl (C=O) groups excluding carboxylic acids is 3. The third-order valence-electron chi connectivity index (χ3n) is 5.95. The Morgan fingerprint density at radius 3 is 2.61 bits per heavy atom. The highest BCUT2D eigenvalue weighted by molar-refractivity contribution is 7.80. The number of nitrogens with zero attached hydrogens (tertiary/aromatic N) is 2. The predicted molar refractivity (Wildman–Crippen MR) is 138 cm³/mol. The normalized spacial score (nSPS) is 15.0. The summed E-state index contributed by atoms with van der Waals surface area (Å²) >= 11 is 5.32. The molecule has 2 aromatic carbocycles. The number of thiocarbonyl (C=S) groups is 1. The second-order valence-corrected chi connectivity index (χ2v) is 8.62. The number of esters is 1. The summed E-state index contributed by atoms with van der Waals surface area (Å²) in [6, 6.07) is 18.2. The Hall–Kier alpha value is -4.50. The Morgan fingerprint density at radius 1 is 1.08 bits per heavy atom. The number of methoxy groups -OCH3 is 1. The molecule has 2 amide bonds. The maximum absolute atomic E-state index is 13.5. The molecule has 1 N–H and O–H groups in total. The third kappa shape index (κ3) is 4.09. The Morgan fingerprint density at radius 2 is 1.83 bits per heavy atom. The average molecular weight is 500 g/mol. The monoisotopic (exact) mass is 499 g/mol. The number of hydrogen-bond acceptors (Lipinski definition) is 6. The molecule has 8 nitrogen and oxygen atoms in total. The molecule has 1 fully saturated rings. The van der Waals surface area contributed by atoms with Gasteiger partial charge in [-0.1, -0.05) is 36.4 Å². The van der Waals surface area contributed by atoms with Crippen LogP contribution in [0.4, 0.5) is 5.69 Å². The van der Waals surface area contributed by atoms with Crippen molar-refractivity contribution in [3.8, 4) is 0 Å². The van der Waals surface area contributed by atoms with Gasteiger partial charge in [-0.3, -0.25) is 19.8 Å². The first-order valence-corrected chi connectivity index (χ1v) is 11.5. The van der Waals surface area contributed by atoms with Crippen molar-refractivity contribution >= 4 is 57.8 Å². The van der Waals surface area contributed by atoms with Crippen LogP contribution < -0.4 is 10.2 Å². The van der Waals surface area contributed by atoms with Crippen molar-refractivity contribution in [2.75, 3.05) is 12.0 Å². The fourth-order valence-electron chi connectivity index (χ4n) is 4.21. The predicted octanol–water partition coefficient (Wildman–Crippen LogP) is 4.21. The number of para-hydroxylation sites is 2. The quantitative estimate of drug-likeness (QED) is 0.191. The highest BCUT2D eigenvalue weighted by Gasteiger charge is 2.35. The zero-order valence-electron chi connectivity index (χ0n) is 19.5. The van der Waals surface area contributed by atoms with E-state index < -0.39 is 17.8 Å². The van der Waals surface area contributed by atoms with E-state index in [1.54, 1.807) is 24.3 Å². The molecule has 0 atom stereocenters. The van der Waals surface area contributed by atoms with Gasteiger partial charge in [0.05, 0.1) is 19.3 Å². The summed E-state index contributed by atoms with van der Waals surface area (Å²) in [5.41, 5.74) is 2.99. The summed E-state index contributed by atoms with van der Waals surface area (Å²) in [5.74, 6) is -0.938. The molecule has 36 heavy (non-hydrogen) atoms. The van der Waals surface area contributed by atoms with Gasteiger partial charge in [-0.2, -0.15) is 0 Å². The first kappa shape index (κ1) is 23.3. The fraction of sp³-hybridized carbons (Fsp3) is 0.111.